The molecule has 1 unspecified atom stereocenters. The highest BCUT2D eigenvalue weighted by Crippen LogP contribution is 2.29. The monoisotopic (exact) mass is 318 g/mol. The highest BCUT2D eigenvalue weighted by Gasteiger charge is 2.34. The Morgan fingerprint density at radius 2 is 1.82 bits per heavy atom. The van der Waals surface area contributed by atoms with Crippen molar-refractivity contribution < 1.29 is 27.5 Å². The molecule has 1 aromatic heterocycles. The van der Waals surface area contributed by atoms with Crippen molar-refractivity contribution in [3.8, 4) is 0 Å². The van der Waals surface area contributed by atoms with Crippen molar-refractivity contribution in [2.45, 2.75) is 45.0 Å². The number of amides is 1. The molecular formula is C14H17F3N2O3. The molecule has 0 radical (unpaired) electrons. The molecule has 0 aliphatic rings. The van der Waals surface area contributed by atoms with Crippen molar-refractivity contribution in [1.29, 1.82) is 0 Å². The molecule has 8 heteroatoms. The van der Waals surface area contributed by atoms with Gasteiger partial charge in [0.1, 0.15) is 11.1 Å². The van der Waals surface area contributed by atoms with Crippen LogP contribution in [0, 0.1) is 0 Å². The number of aromatic nitrogens is 1. The van der Waals surface area contributed by atoms with E-state index in [0.29, 0.717) is 12.5 Å². The van der Waals surface area contributed by atoms with E-state index in [4.69, 9.17) is 4.74 Å². The maximum absolute atomic E-state index is 12.5. The first-order chi connectivity index (χ1) is 9.87. The summed E-state index contributed by atoms with van der Waals surface area (Å²) in [5.41, 5.74) is -3.34. The summed E-state index contributed by atoms with van der Waals surface area (Å²) >= 11 is 0. The van der Waals surface area contributed by atoms with E-state index in [2.05, 4.69) is 10.3 Å². The fourth-order valence-electron chi connectivity index (χ4n) is 1.54. The van der Waals surface area contributed by atoms with Crippen LogP contribution in [0.1, 0.15) is 39.0 Å². The van der Waals surface area contributed by atoms with E-state index < -0.39 is 29.0 Å². The minimum atomic E-state index is -4.53. The Bertz CT molecular complexity index is 550. The van der Waals surface area contributed by atoms with Crippen LogP contribution < -0.4 is 5.32 Å². The summed E-state index contributed by atoms with van der Waals surface area (Å²) in [4.78, 5) is 26.6. The smallest absolute Gasteiger partial charge is 0.417 e. The van der Waals surface area contributed by atoms with E-state index in [1.807, 2.05) is 0 Å². The number of pyridine rings is 1. The first-order valence-electron chi connectivity index (χ1n) is 6.38. The van der Waals surface area contributed by atoms with Gasteiger partial charge in [-0.2, -0.15) is 13.2 Å². The number of nitrogens with one attached hydrogen (secondary N) is 1. The molecule has 1 atom stereocenters. The number of hydrogen-bond acceptors (Lipinski definition) is 4. The van der Waals surface area contributed by atoms with Gasteiger partial charge in [-0.3, -0.25) is 4.98 Å². The molecule has 1 heterocycles. The SMILES string of the molecule is CC(C)(C)OC(=O)NC(C)(C=O)c1ccc(C(F)(F)F)cn1. The van der Waals surface area contributed by atoms with E-state index >= 15 is 0 Å². The largest absolute Gasteiger partial charge is 0.444 e. The molecule has 0 bridgehead atoms. The normalized spacial score (nSPS) is 14.9. The Balaban J connectivity index is 2.99. The minimum Gasteiger partial charge on any atom is -0.444 e. The fraction of sp³-hybridized carbons (Fsp3) is 0.500. The lowest BCUT2D eigenvalue weighted by molar-refractivity contribution is -0.137. The second-order valence-electron chi connectivity index (χ2n) is 5.88. The molecular weight excluding hydrogens is 301 g/mol. The number of rotatable bonds is 3. The summed E-state index contributed by atoms with van der Waals surface area (Å²) in [5, 5.41) is 2.30. The van der Waals surface area contributed by atoms with Gasteiger partial charge < -0.3 is 14.8 Å². The molecule has 122 valence electrons. The predicted molar refractivity (Wildman–Crippen MR) is 72.0 cm³/mol. The van der Waals surface area contributed by atoms with Crippen molar-refractivity contribution >= 4 is 12.4 Å². The molecule has 0 saturated heterocycles. The summed E-state index contributed by atoms with van der Waals surface area (Å²) in [6, 6.07) is 1.83. The van der Waals surface area contributed by atoms with Crippen molar-refractivity contribution in [2.75, 3.05) is 0 Å². The molecule has 5 nitrogen and oxygen atoms in total. The van der Waals surface area contributed by atoms with Crippen LogP contribution in [0.25, 0.3) is 0 Å². The third kappa shape index (κ3) is 4.71. The summed E-state index contributed by atoms with van der Waals surface area (Å²) in [6.45, 7) is 6.24. The second kappa shape index (κ2) is 5.94. The number of nitrogens with zero attached hydrogens (tertiary/aromatic N) is 1. The van der Waals surface area contributed by atoms with Crippen LogP contribution in [-0.2, 0) is 21.2 Å². The Morgan fingerprint density at radius 3 is 2.18 bits per heavy atom. The molecule has 1 amide bonds. The first-order valence-corrected chi connectivity index (χ1v) is 6.38. The van der Waals surface area contributed by atoms with Crippen LogP contribution >= 0.6 is 0 Å². The molecule has 0 fully saturated rings. The van der Waals surface area contributed by atoms with Gasteiger partial charge in [-0.25, -0.2) is 4.79 Å². The van der Waals surface area contributed by atoms with Gasteiger partial charge in [0, 0.05) is 6.20 Å². The van der Waals surface area contributed by atoms with Crippen molar-refractivity contribution in [2.24, 2.45) is 0 Å². The van der Waals surface area contributed by atoms with Crippen LogP contribution in [0.5, 0.6) is 0 Å². The molecule has 0 aliphatic heterocycles. The number of carbonyl (C=O) groups is 2. The van der Waals surface area contributed by atoms with Crippen LogP contribution in [-0.4, -0.2) is 23.0 Å². The van der Waals surface area contributed by atoms with Crippen molar-refractivity contribution in [3.63, 3.8) is 0 Å². The molecule has 22 heavy (non-hydrogen) atoms. The molecule has 0 aromatic carbocycles. The lowest BCUT2D eigenvalue weighted by Crippen LogP contribution is -2.47. The third-order valence-corrected chi connectivity index (χ3v) is 2.62. The number of carbonyl (C=O) groups excluding carboxylic acids is 2. The van der Waals surface area contributed by atoms with E-state index in [1.54, 1.807) is 20.8 Å². The molecule has 0 saturated carbocycles. The average Bonchev–Trinajstić information content (AvgIpc) is 2.35. The lowest BCUT2D eigenvalue weighted by Gasteiger charge is -2.27. The highest BCUT2D eigenvalue weighted by molar-refractivity contribution is 5.77. The lowest BCUT2D eigenvalue weighted by atomic mass is 9.99. The van der Waals surface area contributed by atoms with Crippen LogP contribution in [0.15, 0.2) is 18.3 Å². The second-order valence-corrected chi connectivity index (χ2v) is 5.88. The number of ether oxygens (including phenoxy) is 1. The fourth-order valence-corrected chi connectivity index (χ4v) is 1.54. The number of alkyl halides is 3. The van der Waals surface area contributed by atoms with E-state index in [9.17, 15) is 22.8 Å². The number of halogens is 3. The zero-order valence-corrected chi connectivity index (χ0v) is 12.6. The summed E-state index contributed by atoms with van der Waals surface area (Å²) < 4.78 is 42.5. The van der Waals surface area contributed by atoms with Crippen molar-refractivity contribution in [1.82, 2.24) is 10.3 Å². The van der Waals surface area contributed by atoms with Gasteiger partial charge in [0.05, 0.1) is 11.3 Å². The van der Waals surface area contributed by atoms with Crippen LogP contribution in [0.4, 0.5) is 18.0 Å². The van der Waals surface area contributed by atoms with Gasteiger partial charge in [-0.05, 0) is 39.8 Å². The van der Waals surface area contributed by atoms with Gasteiger partial charge in [0.15, 0.2) is 6.29 Å². The maximum atomic E-state index is 12.5. The number of hydrogen-bond donors (Lipinski definition) is 1. The topological polar surface area (TPSA) is 68.3 Å². The highest BCUT2D eigenvalue weighted by atomic mass is 19.4. The van der Waals surface area contributed by atoms with Crippen molar-refractivity contribution in [3.05, 3.63) is 29.6 Å². The van der Waals surface area contributed by atoms with E-state index in [-0.39, 0.29) is 5.69 Å². The average molecular weight is 318 g/mol. The molecule has 1 rings (SSSR count). The molecule has 1 aromatic rings. The first kappa shape index (κ1) is 17.9. The summed E-state index contributed by atoms with van der Waals surface area (Å²) in [5.74, 6) is 0. The Kier molecular flexibility index (Phi) is 4.84. The molecule has 0 spiro atoms. The van der Waals surface area contributed by atoms with Gasteiger partial charge in [-0.1, -0.05) is 0 Å². The van der Waals surface area contributed by atoms with E-state index in [0.717, 1.165) is 12.1 Å². The number of aldehydes is 1. The van der Waals surface area contributed by atoms with Crippen LogP contribution in [0.3, 0.4) is 0 Å². The van der Waals surface area contributed by atoms with Gasteiger partial charge >= 0.3 is 12.3 Å². The summed E-state index contributed by atoms with van der Waals surface area (Å²) in [6.07, 6.45) is -4.41. The van der Waals surface area contributed by atoms with E-state index in [1.165, 1.54) is 6.92 Å². The summed E-state index contributed by atoms with van der Waals surface area (Å²) in [7, 11) is 0. The Labute approximate surface area is 125 Å². The van der Waals surface area contributed by atoms with Gasteiger partial charge in [-0.15, -0.1) is 0 Å². The quantitative estimate of drug-likeness (QED) is 0.870. The maximum Gasteiger partial charge on any atom is 0.417 e. The van der Waals surface area contributed by atoms with Gasteiger partial charge in [0.25, 0.3) is 0 Å². The number of alkyl carbamates (subject to hydrolysis) is 1. The molecule has 1 N–H and O–H groups in total. The standard InChI is InChI=1S/C14H17F3N2O3/c1-12(2,3)22-11(21)19-13(4,8-20)10-6-5-9(7-18-10)14(15,16)17/h5-8H,1-4H3,(H,19,21). The third-order valence-electron chi connectivity index (χ3n) is 2.62. The zero-order chi connectivity index (χ0) is 17.2. The predicted octanol–water partition coefficient (Wildman–Crippen LogP) is 3.04. The van der Waals surface area contributed by atoms with Gasteiger partial charge in [0.2, 0.25) is 0 Å². The van der Waals surface area contributed by atoms with Crippen LogP contribution in [0.2, 0.25) is 0 Å². The Morgan fingerprint density at radius 1 is 1.23 bits per heavy atom. The minimum absolute atomic E-state index is 0.0265. The Hall–Kier alpha value is -2.12. The zero-order valence-electron chi connectivity index (χ0n) is 12.6. The molecule has 0 aliphatic carbocycles.